The van der Waals surface area contributed by atoms with E-state index in [1.165, 1.54) is 16.7 Å². The second-order valence-corrected chi connectivity index (χ2v) is 6.87. The largest absolute Gasteiger partial charge is 0.352 e. The van der Waals surface area contributed by atoms with Gasteiger partial charge < -0.3 is 10.6 Å². The van der Waals surface area contributed by atoms with Crippen LogP contribution in [-0.2, 0) is 19.6 Å². The molecule has 4 aromatic rings. The van der Waals surface area contributed by atoms with Gasteiger partial charge in [-0.3, -0.25) is 9.67 Å². The van der Waals surface area contributed by atoms with Crippen LogP contribution in [-0.4, -0.2) is 32.6 Å². The van der Waals surface area contributed by atoms with Crippen LogP contribution < -0.4 is 10.6 Å². The van der Waals surface area contributed by atoms with E-state index in [2.05, 4.69) is 74.4 Å². The zero-order chi connectivity index (χ0) is 20.6. The molecule has 2 heterocycles. The first-order valence-electron chi connectivity index (χ1n) is 9.89. The van der Waals surface area contributed by atoms with Crippen LogP contribution in [0.1, 0.15) is 16.7 Å². The second-order valence-electron chi connectivity index (χ2n) is 6.87. The first kappa shape index (κ1) is 19.4. The van der Waals surface area contributed by atoms with Crippen LogP contribution in [0.3, 0.4) is 0 Å². The minimum Gasteiger partial charge on any atom is -0.352 e. The van der Waals surface area contributed by atoms with E-state index in [0.29, 0.717) is 13.1 Å². The Kier molecular flexibility index (Phi) is 6.19. The number of hydrogen-bond donors (Lipinski definition) is 2. The summed E-state index contributed by atoms with van der Waals surface area (Å²) in [6.45, 7) is 2.13. The van der Waals surface area contributed by atoms with Crippen molar-refractivity contribution in [1.29, 1.82) is 0 Å². The molecular weight excluding hydrogens is 374 g/mol. The van der Waals surface area contributed by atoms with Crippen molar-refractivity contribution in [3.63, 3.8) is 0 Å². The number of benzene rings is 2. The Hall–Kier alpha value is -3.87. The first-order chi connectivity index (χ1) is 14.8. The molecule has 30 heavy (non-hydrogen) atoms. The summed E-state index contributed by atoms with van der Waals surface area (Å²) in [7, 11) is 1.78. The number of hydrogen-bond acceptors (Lipinski definition) is 3. The van der Waals surface area contributed by atoms with E-state index in [1.807, 2.05) is 33.9 Å². The van der Waals surface area contributed by atoms with Crippen molar-refractivity contribution in [2.45, 2.75) is 19.6 Å². The average molecular weight is 400 g/mol. The lowest BCUT2D eigenvalue weighted by atomic mass is 10.1. The second kappa shape index (κ2) is 9.56. The third-order valence-electron chi connectivity index (χ3n) is 4.85. The van der Waals surface area contributed by atoms with Gasteiger partial charge in [0.05, 0.1) is 12.2 Å². The summed E-state index contributed by atoms with van der Waals surface area (Å²) in [4.78, 5) is 4.34. The van der Waals surface area contributed by atoms with Gasteiger partial charge in [0.15, 0.2) is 5.96 Å². The van der Waals surface area contributed by atoms with Crippen molar-refractivity contribution in [1.82, 2.24) is 30.2 Å². The highest BCUT2D eigenvalue weighted by Crippen LogP contribution is 2.11. The van der Waals surface area contributed by atoms with Crippen molar-refractivity contribution in [3.8, 4) is 5.69 Å². The van der Waals surface area contributed by atoms with E-state index >= 15 is 0 Å². The topological polar surface area (TPSA) is 72.1 Å². The van der Waals surface area contributed by atoms with Crippen molar-refractivity contribution in [2.24, 2.45) is 4.99 Å². The first-order valence-corrected chi connectivity index (χ1v) is 9.89. The van der Waals surface area contributed by atoms with E-state index in [0.717, 1.165) is 18.2 Å². The molecule has 0 aliphatic rings. The molecule has 2 N–H and O–H groups in total. The molecule has 7 nitrogen and oxygen atoms in total. The number of nitrogens with one attached hydrogen (secondary N) is 2. The van der Waals surface area contributed by atoms with Crippen molar-refractivity contribution in [2.75, 3.05) is 7.05 Å². The summed E-state index contributed by atoms with van der Waals surface area (Å²) in [5.74, 6) is 0.764. The fourth-order valence-electron chi connectivity index (χ4n) is 3.23. The van der Waals surface area contributed by atoms with Crippen LogP contribution >= 0.6 is 0 Å². The molecule has 0 spiro atoms. The number of rotatable bonds is 7. The fourth-order valence-corrected chi connectivity index (χ4v) is 3.23. The molecule has 2 aromatic heterocycles. The third kappa shape index (κ3) is 4.94. The van der Waals surface area contributed by atoms with Crippen LogP contribution in [0.2, 0.25) is 0 Å². The van der Waals surface area contributed by atoms with E-state index in [9.17, 15) is 0 Å². The Morgan fingerprint density at radius 2 is 1.57 bits per heavy atom. The lowest BCUT2D eigenvalue weighted by molar-refractivity contribution is 0.677. The molecule has 0 atom stereocenters. The molecule has 0 saturated carbocycles. The minimum atomic E-state index is 0.688. The van der Waals surface area contributed by atoms with Crippen LogP contribution in [0.25, 0.3) is 5.69 Å². The molecule has 0 fully saturated rings. The maximum absolute atomic E-state index is 4.34. The molecule has 2 aromatic carbocycles. The highest BCUT2D eigenvalue weighted by atomic mass is 15.3. The number of aromatic nitrogens is 4. The predicted octanol–water partition coefficient (Wildman–Crippen LogP) is 2.98. The molecule has 4 rings (SSSR count). The predicted molar refractivity (Wildman–Crippen MR) is 118 cm³/mol. The summed E-state index contributed by atoms with van der Waals surface area (Å²) in [5.41, 5.74) is 4.67. The van der Waals surface area contributed by atoms with Crippen molar-refractivity contribution >= 4 is 5.96 Å². The Morgan fingerprint density at radius 3 is 2.27 bits per heavy atom. The van der Waals surface area contributed by atoms with Gasteiger partial charge in [0, 0.05) is 44.9 Å². The monoisotopic (exact) mass is 399 g/mol. The lowest BCUT2D eigenvalue weighted by Gasteiger charge is -2.14. The zero-order valence-corrected chi connectivity index (χ0v) is 16.9. The van der Waals surface area contributed by atoms with Gasteiger partial charge in [-0.25, -0.2) is 4.68 Å². The maximum Gasteiger partial charge on any atom is 0.191 e. The smallest absolute Gasteiger partial charge is 0.191 e. The van der Waals surface area contributed by atoms with Gasteiger partial charge in [0.1, 0.15) is 0 Å². The van der Waals surface area contributed by atoms with Crippen molar-refractivity contribution in [3.05, 3.63) is 102 Å². The molecule has 0 aliphatic carbocycles. The quantitative estimate of drug-likeness (QED) is 0.370. The molecule has 0 unspecified atom stereocenters. The van der Waals surface area contributed by atoms with E-state index in [4.69, 9.17) is 0 Å². The fraction of sp³-hybridized carbons (Fsp3) is 0.174. The average Bonchev–Trinajstić information content (AvgIpc) is 3.50. The van der Waals surface area contributed by atoms with Crippen LogP contribution in [0.15, 0.2) is 90.4 Å². The van der Waals surface area contributed by atoms with Gasteiger partial charge in [-0.2, -0.15) is 10.2 Å². The van der Waals surface area contributed by atoms with Gasteiger partial charge in [0.2, 0.25) is 0 Å². The molecule has 0 aliphatic heterocycles. The van der Waals surface area contributed by atoms with Gasteiger partial charge in [-0.15, -0.1) is 0 Å². The normalized spacial score (nSPS) is 11.4. The van der Waals surface area contributed by atoms with Crippen LogP contribution in [0.5, 0.6) is 0 Å². The van der Waals surface area contributed by atoms with Crippen LogP contribution in [0, 0.1) is 0 Å². The number of aliphatic imine (C=N–C) groups is 1. The van der Waals surface area contributed by atoms with Crippen LogP contribution in [0.4, 0.5) is 0 Å². The Bertz CT molecular complexity index is 1070. The Labute approximate surface area is 176 Å². The highest BCUT2D eigenvalue weighted by molar-refractivity contribution is 5.79. The minimum absolute atomic E-state index is 0.688. The van der Waals surface area contributed by atoms with Gasteiger partial charge in [-0.05, 0) is 41.0 Å². The third-order valence-corrected chi connectivity index (χ3v) is 4.85. The molecule has 152 valence electrons. The standard InChI is InChI=1S/C23H25N7/c1-24-23(25-16-19-8-10-22(11-9-19)30-15-5-13-28-30)26-17-20-6-2-3-7-21(20)18-29-14-4-12-27-29/h2-15H,16-18H2,1H3,(H2,24,25,26). The van der Waals surface area contributed by atoms with E-state index in [-0.39, 0.29) is 0 Å². The molecule has 0 saturated heterocycles. The zero-order valence-electron chi connectivity index (χ0n) is 16.9. The van der Waals surface area contributed by atoms with E-state index < -0.39 is 0 Å². The van der Waals surface area contributed by atoms with Gasteiger partial charge >= 0.3 is 0 Å². The molecule has 0 radical (unpaired) electrons. The molecular formula is C23H25N7. The molecule has 0 bridgehead atoms. The van der Waals surface area contributed by atoms with Gasteiger partial charge in [0.25, 0.3) is 0 Å². The highest BCUT2D eigenvalue weighted by Gasteiger charge is 2.05. The summed E-state index contributed by atoms with van der Waals surface area (Å²) >= 11 is 0. The Balaban J connectivity index is 1.32. The summed E-state index contributed by atoms with van der Waals surface area (Å²) < 4.78 is 3.78. The van der Waals surface area contributed by atoms with Crippen molar-refractivity contribution < 1.29 is 0 Å². The summed E-state index contributed by atoms with van der Waals surface area (Å²) in [6, 6.07) is 20.5. The molecule has 7 heteroatoms. The lowest BCUT2D eigenvalue weighted by Crippen LogP contribution is -2.36. The van der Waals surface area contributed by atoms with E-state index in [1.54, 1.807) is 19.4 Å². The van der Waals surface area contributed by atoms with Gasteiger partial charge in [-0.1, -0.05) is 36.4 Å². The number of guanidine groups is 1. The molecule has 0 amide bonds. The Morgan fingerprint density at radius 1 is 0.833 bits per heavy atom. The SMILES string of the molecule is CN=C(NCc1ccc(-n2cccn2)cc1)NCc1ccccc1Cn1cccn1. The summed E-state index contributed by atoms with van der Waals surface area (Å²) in [6.07, 6.45) is 7.48. The number of nitrogens with zero attached hydrogens (tertiary/aromatic N) is 5. The summed E-state index contributed by atoms with van der Waals surface area (Å²) in [5, 5.41) is 15.3. The maximum atomic E-state index is 4.34.